The molecule has 5 nitrogen and oxygen atoms in total. The van der Waals surface area contributed by atoms with Crippen molar-refractivity contribution in [2.24, 2.45) is 29.6 Å². The molecule has 3 fully saturated rings. The highest BCUT2D eigenvalue weighted by Gasteiger charge is 2.55. The summed E-state index contributed by atoms with van der Waals surface area (Å²) in [6.45, 7) is 2.85. The fourth-order valence-electron chi connectivity index (χ4n) is 5.09. The molecule has 0 spiro atoms. The van der Waals surface area contributed by atoms with Gasteiger partial charge in [-0.05, 0) is 37.5 Å². The van der Waals surface area contributed by atoms with E-state index in [-0.39, 0.29) is 35.5 Å². The third-order valence-corrected chi connectivity index (χ3v) is 6.55. The third kappa shape index (κ3) is 2.98. The number of imide groups is 1. The molecule has 134 valence electrons. The monoisotopic (exact) mass is 334 g/mol. The zero-order chi connectivity index (χ0) is 17.4. The molecule has 0 aromatic heterocycles. The van der Waals surface area contributed by atoms with Gasteiger partial charge in [-0.2, -0.15) is 0 Å². The van der Waals surface area contributed by atoms with Crippen LogP contribution in [0.5, 0.6) is 0 Å². The van der Waals surface area contributed by atoms with Crippen LogP contribution in [-0.4, -0.2) is 48.2 Å². The molecule has 4 atom stereocenters. The third-order valence-electron chi connectivity index (χ3n) is 6.55. The Hall–Kier alpha value is -1.39. The summed E-state index contributed by atoms with van der Waals surface area (Å²) in [6.07, 6.45) is 7.80. The van der Waals surface area contributed by atoms with Crippen LogP contribution in [0.25, 0.3) is 0 Å². The number of carbonyl (C=O) groups excluding carboxylic acids is 3. The Labute approximate surface area is 144 Å². The van der Waals surface area contributed by atoms with Crippen LogP contribution in [0.15, 0.2) is 0 Å². The minimum atomic E-state index is -0.437. The number of carbonyl (C=O) groups is 3. The summed E-state index contributed by atoms with van der Waals surface area (Å²) in [7, 11) is 3.43. The fourth-order valence-corrected chi connectivity index (χ4v) is 5.09. The van der Waals surface area contributed by atoms with Crippen molar-refractivity contribution in [3.63, 3.8) is 0 Å². The second-order valence-corrected chi connectivity index (χ2v) is 8.17. The van der Waals surface area contributed by atoms with E-state index in [9.17, 15) is 14.4 Å². The lowest BCUT2D eigenvalue weighted by Gasteiger charge is -2.38. The van der Waals surface area contributed by atoms with Gasteiger partial charge in [0.05, 0.1) is 17.8 Å². The molecule has 5 heteroatoms. The van der Waals surface area contributed by atoms with Crippen LogP contribution in [0.4, 0.5) is 0 Å². The summed E-state index contributed by atoms with van der Waals surface area (Å²) in [6, 6.07) is 0. The van der Waals surface area contributed by atoms with Crippen molar-refractivity contribution in [3.05, 3.63) is 0 Å². The average Bonchev–Trinajstić information content (AvgIpc) is 2.79. The maximum absolute atomic E-state index is 13.1. The molecule has 0 N–H and O–H groups in total. The first-order valence-corrected chi connectivity index (χ1v) is 9.48. The Morgan fingerprint density at radius 2 is 1.75 bits per heavy atom. The molecule has 3 rings (SSSR count). The maximum atomic E-state index is 13.1. The number of nitrogens with zero attached hydrogens (tertiary/aromatic N) is 2. The van der Waals surface area contributed by atoms with Crippen molar-refractivity contribution in [3.8, 4) is 0 Å². The minimum absolute atomic E-state index is 0.0687. The van der Waals surface area contributed by atoms with Crippen LogP contribution in [-0.2, 0) is 14.4 Å². The molecule has 1 heterocycles. The number of hydrogen-bond acceptors (Lipinski definition) is 3. The van der Waals surface area contributed by atoms with Crippen LogP contribution < -0.4 is 0 Å². The molecule has 3 aliphatic rings. The van der Waals surface area contributed by atoms with E-state index >= 15 is 0 Å². The summed E-state index contributed by atoms with van der Waals surface area (Å²) >= 11 is 0. The molecule has 0 aromatic carbocycles. The van der Waals surface area contributed by atoms with E-state index in [1.807, 2.05) is 11.9 Å². The van der Waals surface area contributed by atoms with Crippen molar-refractivity contribution in [2.45, 2.75) is 51.9 Å². The summed E-state index contributed by atoms with van der Waals surface area (Å²) in [5.74, 6) is -0.478. The van der Waals surface area contributed by atoms with Crippen molar-refractivity contribution in [1.82, 2.24) is 9.80 Å². The van der Waals surface area contributed by atoms with Crippen LogP contribution in [0, 0.1) is 29.6 Å². The summed E-state index contributed by atoms with van der Waals surface area (Å²) in [5, 5.41) is 0. The second kappa shape index (κ2) is 6.85. The van der Waals surface area contributed by atoms with Crippen LogP contribution >= 0.6 is 0 Å². The Balaban J connectivity index is 1.74. The van der Waals surface area contributed by atoms with Crippen molar-refractivity contribution in [1.29, 1.82) is 0 Å². The first-order chi connectivity index (χ1) is 11.4. The first kappa shape index (κ1) is 17.4. The summed E-state index contributed by atoms with van der Waals surface area (Å²) in [5.41, 5.74) is 0. The lowest BCUT2D eigenvalue weighted by molar-refractivity contribution is -0.147. The van der Waals surface area contributed by atoms with Gasteiger partial charge >= 0.3 is 0 Å². The fraction of sp³-hybridized carbons (Fsp3) is 0.842. The van der Waals surface area contributed by atoms with Gasteiger partial charge in [0.2, 0.25) is 17.7 Å². The van der Waals surface area contributed by atoms with Gasteiger partial charge < -0.3 is 4.90 Å². The molecular formula is C19H30N2O3. The lowest BCUT2D eigenvalue weighted by Crippen LogP contribution is -2.47. The molecule has 1 aliphatic heterocycles. The van der Waals surface area contributed by atoms with Crippen LogP contribution in [0.3, 0.4) is 0 Å². The Kier molecular flexibility index (Phi) is 4.97. The van der Waals surface area contributed by atoms with E-state index < -0.39 is 5.92 Å². The largest absolute Gasteiger partial charge is 0.345 e. The molecule has 2 aliphatic carbocycles. The molecular weight excluding hydrogens is 304 g/mol. The molecule has 4 unspecified atom stereocenters. The minimum Gasteiger partial charge on any atom is -0.345 e. The average molecular weight is 334 g/mol. The number of likely N-dealkylation sites (tertiary alicyclic amines) is 1. The van der Waals surface area contributed by atoms with E-state index in [0.717, 1.165) is 19.4 Å². The van der Waals surface area contributed by atoms with E-state index in [1.54, 1.807) is 7.05 Å². The van der Waals surface area contributed by atoms with Gasteiger partial charge in [-0.3, -0.25) is 19.3 Å². The van der Waals surface area contributed by atoms with Crippen molar-refractivity contribution < 1.29 is 14.4 Å². The molecule has 0 bridgehead atoms. The summed E-state index contributed by atoms with van der Waals surface area (Å²) < 4.78 is 0. The smallest absolute Gasteiger partial charge is 0.233 e. The predicted octanol–water partition coefficient (Wildman–Crippen LogP) is 2.30. The molecule has 2 saturated carbocycles. The van der Waals surface area contributed by atoms with E-state index in [4.69, 9.17) is 0 Å². The van der Waals surface area contributed by atoms with Crippen molar-refractivity contribution in [2.75, 3.05) is 20.6 Å². The summed E-state index contributed by atoms with van der Waals surface area (Å²) in [4.78, 5) is 41.1. The number of fused-ring (bicyclic) bond motifs is 1. The molecule has 3 amide bonds. The normalized spacial score (nSPS) is 34.4. The van der Waals surface area contributed by atoms with Gasteiger partial charge in [0.1, 0.15) is 0 Å². The topological polar surface area (TPSA) is 57.7 Å². The van der Waals surface area contributed by atoms with E-state index in [2.05, 4.69) is 6.92 Å². The van der Waals surface area contributed by atoms with Crippen LogP contribution in [0.2, 0.25) is 0 Å². The standard InChI is InChI=1S/C19H30N2O3/c1-12-9-10-14-16(19(24)21(3)17(14)22)15(12)18(23)20(2)11-13-7-5-4-6-8-13/h12-16H,4-11H2,1-3H3. The van der Waals surface area contributed by atoms with Gasteiger partial charge in [0, 0.05) is 20.6 Å². The Bertz CT molecular complexity index is 527. The molecule has 24 heavy (non-hydrogen) atoms. The highest BCUT2D eigenvalue weighted by atomic mass is 16.2. The SMILES string of the molecule is CC1CCC2C(=O)N(C)C(=O)C2C1C(=O)N(C)CC1CCCCC1. The molecule has 0 radical (unpaired) electrons. The maximum Gasteiger partial charge on any atom is 0.233 e. The lowest BCUT2D eigenvalue weighted by atomic mass is 9.67. The zero-order valence-electron chi connectivity index (χ0n) is 15.2. The number of amides is 3. The Morgan fingerprint density at radius 1 is 1.08 bits per heavy atom. The Morgan fingerprint density at radius 3 is 2.42 bits per heavy atom. The molecule has 1 saturated heterocycles. The van der Waals surface area contributed by atoms with E-state index in [1.165, 1.54) is 37.0 Å². The molecule has 0 aromatic rings. The zero-order valence-corrected chi connectivity index (χ0v) is 15.2. The first-order valence-electron chi connectivity index (χ1n) is 9.48. The van der Waals surface area contributed by atoms with Gasteiger partial charge in [0.15, 0.2) is 0 Å². The highest BCUT2D eigenvalue weighted by molar-refractivity contribution is 6.06. The number of rotatable bonds is 3. The predicted molar refractivity (Wildman–Crippen MR) is 90.9 cm³/mol. The van der Waals surface area contributed by atoms with Gasteiger partial charge in [0.25, 0.3) is 0 Å². The van der Waals surface area contributed by atoms with Gasteiger partial charge in [-0.1, -0.05) is 26.2 Å². The van der Waals surface area contributed by atoms with Crippen LogP contribution in [0.1, 0.15) is 51.9 Å². The number of hydrogen-bond donors (Lipinski definition) is 0. The highest BCUT2D eigenvalue weighted by Crippen LogP contribution is 2.45. The van der Waals surface area contributed by atoms with E-state index in [0.29, 0.717) is 5.92 Å². The van der Waals surface area contributed by atoms with Crippen molar-refractivity contribution >= 4 is 17.7 Å². The second-order valence-electron chi connectivity index (χ2n) is 8.17. The quantitative estimate of drug-likeness (QED) is 0.744. The van der Waals surface area contributed by atoms with Gasteiger partial charge in [-0.25, -0.2) is 0 Å². The van der Waals surface area contributed by atoms with Gasteiger partial charge in [-0.15, -0.1) is 0 Å².